The number of rotatable bonds is 4. The molecule has 6 heteroatoms. The standard InChI is InChI=1S/C19H24FN3O2/c20-13-3-4-16-14(11-13)15(12-17(24)22-16)18(25)21-8-7-19-5-1-9-23(19)10-2-6-19/h3-4,11,15H,1-2,5-10,12H2,(H,21,25)(H,22,24). The number of hydrogen-bond acceptors (Lipinski definition) is 3. The van der Waals surface area contributed by atoms with E-state index in [-0.39, 0.29) is 29.6 Å². The minimum atomic E-state index is -0.611. The first kappa shape index (κ1) is 16.5. The van der Waals surface area contributed by atoms with Crippen LogP contribution in [0.2, 0.25) is 0 Å². The van der Waals surface area contributed by atoms with Crippen LogP contribution in [-0.4, -0.2) is 41.9 Å². The topological polar surface area (TPSA) is 61.4 Å². The third-order valence-corrected chi connectivity index (χ3v) is 6.07. The number of carbonyl (C=O) groups is 2. The first-order valence-corrected chi connectivity index (χ1v) is 9.19. The fourth-order valence-corrected chi connectivity index (χ4v) is 4.84. The zero-order valence-electron chi connectivity index (χ0n) is 14.3. The summed E-state index contributed by atoms with van der Waals surface area (Å²) in [7, 11) is 0. The van der Waals surface area contributed by atoms with Crippen LogP contribution in [0, 0.1) is 5.82 Å². The highest BCUT2D eigenvalue weighted by Crippen LogP contribution is 2.41. The third kappa shape index (κ3) is 3.03. The van der Waals surface area contributed by atoms with Crippen LogP contribution >= 0.6 is 0 Å². The lowest BCUT2D eigenvalue weighted by Gasteiger charge is -2.32. The van der Waals surface area contributed by atoms with Gasteiger partial charge in [0.2, 0.25) is 11.8 Å². The van der Waals surface area contributed by atoms with E-state index in [1.807, 2.05) is 0 Å². The van der Waals surface area contributed by atoms with Crippen molar-refractivity contribution in [2.45, 2.75) is 50.0 Å². The highest BCUT2D eigenvalue weighted by Gasteiger charge is 2.43. The van der Waals surface area contributed by atoms with Crippen molar-refractivity contribution in [1.29, 1.82) is 0 Å². The Hall–Kier alpha value is -1.95. The van der Waals surface area contributed by atoms with Crippen molar-refractivity contribution in [3.05, 3.63) is 29.6 Å². The average Bonchev–Trinajstić information content (AvgIpc) is 3.14. The maximum atomic E-state index is 13.6. The molecule has 2 N–H and O–H groups in total. The largest absolute Gasteiger partial charge is 0.355 e. The fraction of sp³-hybridized carbons (Fsp3) is 0.579. The molecule has 5 nitrogen and oxygen atoms in total. The minimum absolute atomic E-state index is 0.0690. The smallest absolute Gasteiger partial charge is 0.228 e. The van der Waals surface area contributed by atoms with Crippen LogP contribution < -0.4 is 10.6 Å². The number of carbonyl (C=O) groups excluding carboxylic acids is 2. The van der Waals surface area contributed by atoms with E-state index in [0.29, 0.717) is 17.8 Å². The van der Waals surface area contributed by atoms with Crippen LogP contribution in [0.15, 0.2) is 18.2 Å². The van der Waals surface area contributed by atoms with Gasteiger partial charge < -0.3 is 10.6 Å². The number of amides is 2. The molecule has 1 aromatic carbocycles. The zero-order valence-corrected chi connectivity index (χ0v) is 14.3. The Labute approximate surface area is 147 Å². The molecular formula is C19H24FN3O2. The van der Waals surface area contributed by atoms with Gasteiger partial charge in [-0.3, -0.25) is 14.5 Å². The summed E-state index contributed by atoms with van der Waals surface area (Å²) in [6.45, 7) is 2.95. The molecule has 1 atom stereocenters. The Morgan fingerprint density at radius 2 is 2.08 bits per heavy atom. The molecule has 0 radical (unpaired) electrons. The maximum Gasteiger partial charge on any atom is 0.228 e. The van der Waals surface area contributed by atoms with Crippen molar-refractivity contribution in [1.82, 2.24) is 10.2 Å². The van der Waals surface area contributed by atoms with Gasteiger partial charge in [0.25, 0.3) is 0 Å². The summed E-state index contributed by atoms with van der Waals surface area (Å²) < 4.78 is 13.6. The number of fused-ring (bicyclic) bond motifs is 2. The predicted octanol–water partition coefficient (Wildman–Crippen LogP) is 2.39. The van der Waals surface area contributed by atoms with Gasteiger partial charge >= 0.3 is 0 Å². The van der Waals surface area contributed by atoms with Gasteiger partial charge in [0.15, 0.2) is 0 Å². The molecule has 4 rings (SSSR count). The Morgan fingerprint density at radius 1 is 1.32 bits per heavy atom. The van der Waals surface area contributed by atoms with Crippen LogP contribution in [-0.2, 0) is 9.59 Å². The van der Waals surface area contributed by atoms with Gasteiger partial charge in [-0.1, -0.05) is 0 Å². The highest BCUT2D eigenvalue weighted by molar-refractivity contribution is 6.01. The molecule has 2 saturated heterocycles. The molecule has 25 heavy (non-hydrogen) atoms. The molecular weight excluding hydrogens is 321 g/mol. The summed E-state index contributed by atoms with van der Waals surface area (Å²) in [5.74, 6) is -1.38. The molecule has 0 saturated carbocycles. The Kier molecular flexibility index (Phi) is 4.23. The molecule has 0 aromatic heterocycles. The fourth-order valence-electron chi connectivity index (χ4n) is 4.84. The number of halogens is 1. The lowest BCUT2D eigenvalue weighted by Crippen LogP contribution is -2.42. The predicted molar refractivity (Wildman–Crippen MR) is 92.8 cm³/mol. The van der Waals surface area contributed by atoms with Gasteiger partial charge in [-0.2, -0.15) is 0 Å². The normalized spacial score (nSPS) is 24.5. The second kappa shape index (κ2) is 6.41. The number of benzene rings is 1. The third-order valence-electron chi connectivity index (χ3n) is 6.07. The van der Waals surface area contributed by atoms with Crippen LogP contribution in [0.1, 0.15) is 50.0 Å². The first-order chi connectivity index (χ1) is 12.1. The van der Waals surface area contributed by atoms with E-state index in [9.17, 15) is 14.0 Å². The summed E-state index contributed by atoms with van der Waals surface area (Å²) in [4.78, 5) is 27.1. The SMILES string of the molecule is O=C1CC(C(=O)NCCC23CCCN2CCC3)c2cc(F)ccc2N1. The van der Waals surface area contributed by atoms with Crippen molar-refractivity contribution in [3.8, 4) is 0 Å². The van der Waals surface area contributed by atoms with Crippen LogP contribution in [0.4, 0.5) is 10.1 Å². The van der Waals surface area contributed by atoms with Crippen LogP contribution in [0.5, 0.6) is 0 Å². The quantitative estimate of drug-likeness (QED) is 0.881. The van der Waals surface area contributed by atoms with Crippen molar-refractivity contribution in [2.75, 3.05) is 25.0 Å². The zero-order chi connectivity index (χ0) is 17.4. The second-order valence-electron chi connectivity index (χ2n) is 7.50. The number of nitrogens with zero attached hydrogens (tertiary/aromatic N) is 1. The lowest BCUT2D eigenvalue weighted by atomic mass is 9.88. The van der Waals surface area contributed by atoms with Gasteiger partial charge in [0.1, 0.15) is 5.82 Å². The summed E-state index contributed by atoms with van der Waals surface area (Å²) in [6, 6.07) is 4.18. The van der Waals surface area contributed by atoms with Crippen LogP contribution in [0.25, 0.3) is 0 Å². The Balaban J connectivity index is 1.42. The molecule has 0 bridgehead atoms. The minimum Gasteiger partial charge on any atom is -0.355 e. The molecule has 2 amide bonds. The Morgan fingerprint density at radius 3 is 2.84 bits per heavy atom. The highest BCUT2D eigenvalue weighted by atomic mass is 19.1. The average molecular weight is 345 g/mol. The molecule has 3 heterocycles. The molecule has 3 aliphatic rings. The van der Waals surface area contributed by atoms with Crippen molar-refractivity contribution in [3.63, 3.8) is 0 Å². The van der Waals surface area contributed by atoms with E-state index < -0.39 is 5.92 Å². The van der Waals surface area contributed by atoms with Gasteiger partial charge in [-0.25, -0.2) is 4.39 Å². The van der Waals surface area contributed by atoms with Gasteiger partial charge in [0, 0.05) is 24.2 Å². The first-order valence-electron chi connectivity index (χ1n) is 9.19. The van der Waals surface area contributed by atoms with E-state index in [0.717, 1.165) is 6.42 Å². The lowest BCUT2D eigenvalue weighted by molar-refractivity contribution is -0.126. The molecule has 1 aromatic rings. The van der Waals surface area contributed by atoms with Crippen molar-refractivity contribution >= 4 is 17.5 Å². The van der Waals surface area contributed by atoms with Crippen molar-refractivity contribution in [2.24, 2.45) is 0 Å². The molecule has 2 fully saturated rings. The molecule has 0 aliphatic carbocycles. The van der Waals surface area contributed by atoms with Gasteiger partial charge in [-0.05, 0) is 69.0 Å². The maximum absolute atomic E-state index is 13.6. The van der Waals surface area contributed by atoms with E-state index in [2.05, 4.69) is 15.5 Å². The van der Waals surface area contributed by atoms with E-state index in [4.69, 9.17) is 0 Å². The monoisotopic (exact) mass is 345 g/mol. The molecule has 134 valence electrons. The van der Waals surface area contributed by atoms with Gasteiger partial charge in [-0.15, -0.1) is 0 Å². The summed E-state index contributed by atoms with van der Waals surface area (Å²) >= 11 is 0. The van der Waals surface area contributed by atoms with E-state index >= 15 is 0 Å². The van der Waals surface area contributed by atoms with Crippen LogP contribution in [0.3, 0.4) is 0 Å². The van der Waals surface area contributed by atoms with Crippen molar-refractivity contribution < 1.29 is 14.0 Å². The summed E-state index contributed by atoms with van der Waals surface area (Å²) in [5.41, 5.74) is 1.37. The van der Waals surface area contributed by atoms with E-state index in [1.165, 1.54) is 57.0 Å². The second-order valence-corrected chi connectivity index (χ2v) is 7.50. The van der Waals surface area contributed by atoms with E-state index in [1.54, 1.807) is 0 Å². The number of anilines is 1. The molecule has 1 unspecified atom stereocenters. The summed E-state index contributed by atoms with van der Waals surface area (Å²) in [6.07, 6.45) is 5.92. The summed E-state index contributed by atoms with van der Waals surface area (Å²) in [5, 5.41) is 5.71. The number of hydrogen-bond donors (Lipinski definition) is 2. The number of nitrogens with one attached hydrogen (secondary N) is 2. The Bertz CT molecular complexity index is 696. The molecule has 0 spiro atoms. The van der Waals surface area contributed by atoms with Gasteiger partial charge in [0.05, 0.1) is 5.92 Å². The molecule has 3 aliphatic heterocycles.